The van der Waals surface area contributed by atoms with E-state index in [0.717, 1.165) is 22.6 Å². The highest BCUT2D eigenvalue weighted by Crippen LogP contribution is 2.26. The van der Waals surface area contributed by atoms with Crippen LogP contribution in [-0.2, 0) is 5.75 Å². The Hall–Kier alpha value is -1.76. The summed E-state index contributed by atoms with van der Waals surface area (Å²) in [4.78, 5) is 7.97. The summed E-state index contributed by atoms with van der Waals surface area (Å²) < 4.78 is 5.32. The molecule has 0 aromatic carbocycles. The summed E-state index contributed by atoms with van der Waals surface area (Å²) in [6, 6.07) is 0. The van der Waals surface area contributed by atoms with Crippen LogP contribution in [-0.4, -0.2) is 23.2 Å². The third-order valence-electron chi connectivity index (χ3n) is 2.33. The Morgan fingerprint density at radius 2 is 2.17 bits per heavy atom. The van der Waals surface area contributed by atoms with Gasteiger partial charge in [0.2, 0.25) is 0 Å². The second kappa shape index (κ2) is 6.25. The first-order valence-corrected chi connectivity index (χ1v) is 6.24. The summed E-state index contributed by atoms with van der Waals surface area (Å²) in [5.74, 6) is 1.24. The normalized spacial score (nSPS) is 9.94. The Labute approximate surface area is 110 Å². The zero-order chi connectivity index (χ0) is 13.7. The average molecular weight is 267 g/mol. The van der Waals surface area contributed by atoms with Crippen molar-refractivity contribution in [1.29, 1.82) is 5.41 Å². The smallest absolute Gasteiger partial charge is 0.193 e. The van der Waals surface area contributed by atoms with Crippen LogP contribution in [0.5, 0.6) is 5.75 Å². The Kier molecular flexibility index (Phi) is 4.96. The number of pyridine rings is 1. The van der Waals surface area contributed by atoms with Gasteiger partial charge in [-0.05, 0) is 13.8 Å². The molecule has 0 unspecified atom stereocenters. The molecule has 0 saturated carbocycles. The second-order valence-electron chi connectivity index (χ2n) is 3.68. The number of hydrogen-bond acceptors (Lipinski definition) is 4. The number of methoxy groups -OCH3 is 1. The van der Waals surface area contributed by atoms with E-state index in [1.165, 1.54) is 11.8 Å². The molecular weight excluding hydrogens is 250 g/mol. The Balaban J connectivity index is 2.80. The molecule has 0 fully saturated rings. The molecular formula is C11H17N5OS. The van der Waals surface area contributed by atoms with Crippen molar-refractivity contribution in [3.8, 4) is 5.75 Å². The molecule has 0 bridgehead atoms. The second-order valence-corrected chi connectivity index (χ2v) is 4.64. The van der Waals surface area contributed by atoms with Crippen molar-refractivity contribution in [2.24, 2.45) is 16.5 Å². The molecule has 0 aliphatic carbocycles. The maximum atomic E-state index is 7.54. The zero-order valence-corrected chi connectivity index (χ0v) is 11.5. The van der Waals surface area contributed by atoms with Crippen molar-refractivity contribution in [3.63, 3.8) is 0 Å². The van der Waals surface area contributed by atoms with Crippen molar-refractivity contribution >= 4 is 22.9 Å². The highest BCUT2D eigenvalue weighted by Gasteiger charge is 2.10. The minimum absolute atomic E-state index is 0.0655. The molecule has 7 heteroatoms. The number of rotatable bonds is 3. The van der Waals surface area contributed by atoms with E-state index in [1.807, 2.05) is 13.8 Å². The van der Waals surface area contributed by atoms with Crippen LogP contribution in [0.25, 0.3) is 0 Å². The van der Waals surface area contributed by atoms with E-state index in [0.29, 0.717) is 5.75 Å². The maximum Gasteiger partial charge on any atom is 0.193 e. The minimum Gasteiger partial charge on any atom is -0.496 e. The van der Waals surface area contributed by atoms with E-state index in [2.05, 4.69) is 9.98 Å². The lowest BCUT2D eigenvalue weighted by molar-refractivity contribution is 0.407. The quantitative estimate of drug-likeness (QED) is 0.562. The van der Waals surface area contributed by atoms with Crippen LogP contribution >= 0.6 is 11.8 Å². The Bertz CT molecular complexity index is 483. The van der Waals surface area contributed by atoms with Gasteiger partial charge in [0.1, 0.15) is 5.75 Å². The number of thioether (sulfide) groups is 1. The number of nitrogens with zero attached hydrogens (tertiary/aromatic N) is 2. The number of nitrogens with two attached hydrogens (primary N) is 2. The lowest BCUT2D eigenvalue weighted by atomic mass is 10.1. The molecule has 0 aliphatic rings. The van der Waals surface area contributed by atoms with Crippen LogP contribution in [0, 0.1) is 19.3 Å². The third kappa shape index (κ3) is 3.63. The van der Waals surface area contributed by atoms with Gasteiger partial charge in [0.05, 0.1) is 12.8 Å². The predicted octanol–water partition coefficient (Wildman–Crippen LogP) is 1.15. The number of aryl methyl sites for hydroxylation is 1. The number of aliphatic imine (C=N–C) groups is 1. The molecule has 1 aromatic rings. The van der Waals surface area contributed by atoms with Crippen LogP contribution < -0.4 is 16.2 Å². The van der Waals surface area contributed by atoms with Gasteiger partial charge in [0.25, 0.3) is 0 Å². The molecule has 0 amide bonds. The summed E-state index contributed by atoms with van der Waals surface area (Å²) >= 11 is 1.21. The molecule has 0 radical (unpaired) electrons. The van der Waals surface area contributed by atoms with Crippen molar-refractivity contribution in [2.45, 2.75) is 19.6 Å². The summed E-state index contributed by atoms with van der Waals surface area (Å²) in [5.41, 5.74) is 13.2. The number of amidine groups is 1. The summed E-state index contributed by atoms with van der Waals surface area (Å²) in [5, 5.41) is 7.60. The molecule has 5 N–H and O–H groups in total. The third-order valence-corrected chi connectivity index (χ3v) is 3.11. The summed E-state index contributed by atoms with van der Waals surface area (Å²) in [7, 11) is 1.63. The van der Waals surface area contributed by atoms with Gasteiger partial charge in [0.15, 0.2) is 11.1 Å². The van der Waals surface area contributed by atoms with Crippen molar-refractivity contribution in [2.75, 3.05) is 7.11 Å². The van der Waals surface area contributed by atoms with Gasteiger partial charge in [-0.15, -0.1) is 0 Å². The molecule has 6 nitrogen and oxygen atoms in total. The van der Waals surface area contributed by atoms with Gasteiger partial charge >= 0.3 is 0 Å². The van der Waals surface area contributed by atoms with Gasteiger partial charge in [-0.25, -0.2) is 0 Å². The lowest BCUT2D eigenvalue weighted by Gasteiger charge is -2.11. The van der Waals surface area contributed by atoms with E-state index in [4.69, 9.17) is 21.6 Å². The Morgan fingerprint density at radius 1 is 1.50 bits per heavy atom. The molecule has 1 rings (SSSR count). The van der Waals surface area contributed by atoms with Crippen molar-refractivity contribution < 1.29 is 4.74 Å². The fourth-order valence-corrected chi connectivity index (χ4v) is 2.24. The molecule has 98 valence electrons. The summed E-state index contributed by atoms with van der Waals surface area (Å²) in [6.45, 7) is 3.89. The largest absolute Gasteiger partial charge is 0.496 e. The van der Waals surface area contributed by atoms with E-state index >= 15 is 0 Å². The van der Waals surface area contributed by atoms with Gasteiger partial charge < -0.3 is 16.2 Å². The first-order valence-electron chi connectivity index (χ1n) is 5.25. The standard InChI is InChI=1S/C11H17N5OS/c1-6-4-15-8(7(2)9(6)17-3)5-18-11(14)16-10(12)13/h4H,5H2,1-3H3,(H5,12,13,14,16). The van der Waals surface area contributed by atoms with Crippen LogP contribution in [0.3, 0.4) is 0 Å². The van der Waals surface area contributed by atoms with Crippen LogP contribution in [0.1, 0.15) is 16.8 Å². The van der Waals surface area contributed by atoms with E-state index in [-0.39, 0.29) is 11.1 Å². The van der Waals surface area contributed by atoms with E-state index in [1.54, 1.807) is 13.3 Å². The first kappa shape index (κ1) is 14.3. The van der Waals surface area contributed by atoms with E-state index < -0.39 is 0 Å². The fraction of sp³-hybridized carbons (Fsp3) is 0.364. The lowest BCUT2D eigenvalue weighted by Crippen LogP contribution is -2.23. The minimum atomic E-state index is -0.112. The Morgan fingerprint density at radius 3 is 2.72 bits per heavy atom. The summed E-state index contributed by atoms with van der Waals surface area (Å²) in [6.07, 6.45) is 1.76. The molecule has 1 heterocycles. The predicted molar refractivity (Wildman–Crippen MR) is 75.1 cm³/mol. The molecule has 0 saturated heterocycles. The van der Waals surface area contributed by atoms with Gasteiger partial charge in [-0.1, -0.05) is 11.8 Å². The average Bonchev–Trinajstić information content (AvgIpc) is 2.27. The number of ether oxygens (including phenoxy) is 1. The van der Waals surface area contributed by atoms with Crippen LogP contribution in [0.4, 0.5) is 0 Å². The first-order chi connectivity index (χ1) is 8.45. The van der Waals surface area contributed by atoms with Crippen molar-refractivity contribution in [3.05, 3.63) is 23.0 Å². The highest BCUT2D eigenvalue weighted by atomic mass is 32.2. The molecule has 0 spiro atoms. The van der Waals surface area contributed by atoms with Crippen molar-refractivity contribution in [1.82, 2.24) is 4.98 Å². The molecule has 0 aliphatic heterocycles. The van der Waals surface area contributed by atoms with Crippen LogP contribution in [0.2, 0.25) is 0 Å². The highest BCUT2D eigenvalue weighted by molar-refractivity contribution is 8.13. The molecule has 18 heavy (non-hydrogen) atoms. The molecule has 0 atom stereocenters. The van der Waals surface area contributed by atoms with Gasteiger partial charge in [-0.3, -0.25) is 10.4 Å². The zero-order valence-electron chi connectivity index (χ0n) is 10.7. The van der Waals surface area contributed by atoms with Gasteiger partial charge in [0, 0.05) is 23.1 Å². The number of hydrogen-bond donors (Lipinski definition) is 3. The van der Waals surface area contributed by atoms with Gasteiger partial charge in [-0.2, -0.15) is 4.99 Å². The SMILES string of the molecule is COc1c(C)cnc(CSC(=N)N=C(N)N)c1C. The monoisotopic (exact) mass is 267 g/mol. The maximum absolute atomic E-state index is 7.54. The van der Waals surface area contributed by atoms with Crippen LogP contribution in [0.15, 0.2) is 11.2 Å². The number of nitrogens with one attached hydrogen (secondary N) is 1. The molecule has 1 aromatic heterocycles. The topological polar surface area (TPSA) is 110 Å². The van der Waals surface area contributed by atoms with E-state index in [9.17, 15) is 0 Å². The number of aromatic nitrogens is 1. The number of guanidine groups is 1. The fourth-order valence-electron chi connectivity index (χ4n) is 1.50.